The minimum atomic E-state index is -0.757. The quantitative estimate of drug-likeness (QED) is 0.761. The molecule has 0 radical (unpaired) electrons. The van der Waals surface area contributed by atoms with E-state index in [0.29, 0.717) is 23.1 Å². The van der Waals surface area contributed by atoms with E-state index in [1.165, 1.54) is 0 Å². The van der Waals surface area contributed by atoms with Crippen LogP contribution in [-0.4, -0.2) is 31.5 Å². The van der Waals surface area contributed by atoms with Crippen LogP contribution in [0.3, 0.4) is 0 Å². The topological polar surface area (TPSA) is 50.7 Å². The van der Waals surface area contributed by atoms with Crippen LogP contribution in [0.4, 0.5) is 0 Å². The number of hydrogen-bond donors (Lipinski definition) is 2. The summed E-state index contributed by atoms with van der Waals surface area (Å²) in [5, 5.41) is 14.4. The van der Waals surface area contributed by atoms with Crippen molar-refractivity contribution in [2.24, 2.45) is 5.92 Å². The lowest BCUT2D eigenvalue weighted by molar-refractivity contribution is 0.00359. The van der Waals surface area contributed by atoms with Gasteiger partial charge in [-0.1, -0.05) is 31.9 Å². The van der Waals surface area contributed by atoms with E-state index in [1.54, 1.807) is 20.3 Å². The molecule has 1 rings (SSSR count). The van der Waals surface area contributed by atoms with E-state index in [4.69, 9.17) is 21.1 Å². The molecule has 0 aliphatic carbocycles. The average Bonchev–Trinajstić information content (AvgIpc) is 2.51. The summed E-state index contributed by atoms with van der Waals surface area (Å²) in [7, 11) is 3.19. The predicted octanol–water partition coefficient (Wildman–Crippen LogP) is 3.80. The SMILES string of the molecule is CC[C@H](C)[C@](C)(O)CN[C@H](C)c1cc(Cl)c(OC)cc1OC. The number of ether oxygens (including phenoxy) is 2. The van der Waals surface area contributed by atoms with Gasteiger partial charge in [-0.25, -0.2) is 0 Å². The van der Waals surface area contributed by atoms with Gasteiger partial charge in [-0.05, 0) is 25.8 Å². The van der Waals surface area contributed by atoms with Crippen molar-refractivity contribution in [2.45, 2.75) is 45.8 Å². The second-order valence-electron chi connectivity index (χ2n) is 6.00. The molecule has 0 saturated carbocycles. The molecule has 126 valence electrons. The molecule has 2 N–H and O–H groups in total. The highest BCUT2D eigenvalue weighted by Gasteiger charge is 2.27. The van der Waals surface area contributed by atoms with E-state index in [-0.39, 0.29) is 12.0 Å². The molecule has 1 aromatic carbocycles. The highest BCUT2D eigenvalue weighted by Crippen LogP contribution is 2.35. The first-order valence-corrected chi connectivity index (χ1v) is 8.01. The van der Waals surface area contributed by atoms with Crippen molar-refractivity contribution in [3.63, 3.8) is 0 Å². The minimum absolute atomic E-state index is 0.00566. The van der Waals surface area contributed by atoms with E-state index in [1.807, 2.05) is 19.9 Å². The highest BCUT2D eigenvalue weighted by molar-refractivity contribution is 6.32. The molecule has 3 atom stereocenters. The van der Waals surface area contributed by atoms with Crippen LogP contribution in [0.2, 0.25) is 5.02 Å². The van der Waals surface area contributed by atoms with Crippen molar-refractivity contribution in [1.29, 1.82) is 0 Å². The van der Waals surface area contributed by atoms with Crippen molar-refractivity contribution >= 4 is 11.6 Å². The fourth-order valence-electron chi connectivity index (χ4n) is 2.31. The largest absolute Gasteiger partial charge is 0.496 e. The highest BCUT2D eigenvalue weighted by atomic mass is 35.5. The van der Waals surface area contributed by atoms with Crippen LogP contribution in [0.15, 0.2) is 12.1 Å². The van der Waals surface area contributed by atoms with Crippen LogP contribution < -0.4 is 14.8 Å². The Morgan fingerprint density at radius 3 is 2.32 bits per heavy atom. The van der Waals surface area contributed by atoms with Gasteiger partial charge >= 0.3 is 0 Å². The Balaban J connectivity index is 2.89. The van der Waals surface area contributed by atoms with Gasteiger partial charge in [-0.15, -0.1) is 0 Å². The summed E-state index contributed by atoms with van der Waals surface area (Å²) >= 11 is 6.21. The van der Waals surface area contributed by atoms with Crippen molar-refractivity contribution in [2.75, 3.05) is 20.8 Å². The van der Waals surface area contributed by atoms with Crippen molar-refractivity contribution < 1.29 is 14.6 Å². The fourth-order valence-corrected chi connectivity index (χ4v) is 2.55. The number of halogens is 1. The average molecular weight is 330 g/mol. The summed E-state index contributed by atoms with van der Waals surface area (Å²) < 4.78 is 10.6. The summed E-state index contributed by atoms with van der Waals surface area (Å²) in [5.74, 6) is 1.51. The van der Waals surface area contributed by atoms with Gasteiger partial charge in [-0.2, -0.15) is 0 Å². The molecule has 1 aromatic rings. The molecule has 0 aliphatic heterocycles. The predicted molar refractivity (Wildman–Crippen MR) is 91.1 cm³/mol. The summed E-state index contributed by atoms with van der Waals surface area (Å²) in [4.78, 5) is 0. The first-order valence-electron chi connectivity index (χ1n) is 7.64. The van der Waals surface area contributed by atoms with Crippen molar-refractivity contribution in [1.82, 2.24) is 5.32 Å². The Kier molecular flexibility index (Phi) is 6.98. The van der Waals surface area contributed by atoms with Crippen LogP contribution in [0.5, 0.6) is 11.5 Å². The van der Waals surface area contributed by atoms with Crippen LogP contribution in [-0.2, 0) is 0 Å². The Morgan fingerprint density at radius 1 is 1.23 bits per heavy atom. The van der Waals surface area contributed by atoms with Gasteiger partial charge in [0.1, 0.15) is 11.5 Å². The summed E-state index contributed by atoms with van der Waals surface area (Å²) in [6.07, 6.45) is 0.931. The van der Waals surface area contributed by atoms with Gasteiger partial charge < -0.3 is 19.9 Å². The fraction of sp³-hybridized carbons (Fsp3) is 0.647. The third-order valence-electron chi connectivity index (χ3n) is 4.41. The molecule has 0 fully saturated rings. The molecular weight excluding hydrogens is 302 g/mol. The molecule has 22 heavy (non-hydrogen) atoms. The van der Waals surface area contributed by atoms with Crippen LogP contribution in [0, 0.1) is 5.92 Å². The van der Waals surface area contributed by atoms with Gasteiger partial charge in [0, 0.05) is 24.2 Å². The van der Waals surface area contributed by atoms with Crippen LogP contribution in [0.25, 0.3) is 0 Å². The lowest BCUT2D eigenvalue weighted by atomic mass is 9.88. The Bertz CT molecular complexity index is 491. The Morgan fingerprint density at radius 2 is 1.82 bits per heavy atom. The van der Waals surface area contributed by atoms with Gasteiger partial charge in [0.2, 0.25) is 0 Å². The lowest BCUT2D eigenvalue weighted by Crippen LogP contribution is -2.43. The number of rotatable bonds is 8. The first kappa shape index (κ1) is 19.1. The van der Waals surface area contributed by atoms with Gasteiger partial charge in [0.05, 0.1) is 24.8 Å². The van der Waals surface area contributed by atoms with E-state index in [9.17, 15) is 5.11 Å². The molecule has 0 saturated heterocycles. The molecular formula is C17H28ClNO3. The number of methoxy groups -OCH3 is 2. The van der Waals surface area contributed by atoms with E-state index in [0.717, 1.165) is 12.0 Å². The van der Waals surface area contributed by atoms with Gasteiger partial charge in [0.25, 0.3) is 0 Å². The minimum Gasteiger partial charge on any atom is -0.496 e. The van der Waals surface area contributed by atoms with Gasteiger partial charge in [-0.3, -0.25) is 0 Å². The molecule has 0 heterocycles. The van der Waals surface area contributed by atoms with E-state index >= 15 is 0 Å². The second-order valence-corrected chi connectivity index (χ2v) is 6.40. The maximum atomic E-state index is 10.5. The lowest BCUT2D eigenvalue weighted by Gasteiger charge is -2.31. The zero-order chi connectivity index (χ0) is 16.9. The molecule has 0 aromatic heterocycles. The number of benzene rings is 1. The molecule has 0 unspecified atom stereocenters. The summed E-state index contributed by atoms with van der Waals surface area (Å²) in [5.41, 5.74) is 0.181. The number of hydrogen-bond acceptors (Lipinski definition) is 4. The van der Waals surface area contributed by atoms with Crippen molar-refractivity contribution in [3.05, 3.63) is 22.7 Å². The molecule has 0 bridgehead atoms. The molecule has 4 nitrogen and oxygen atoms in total. The molecule has 5 heteroatoms. The molecule has 0 amide bonds. The Hall–Kier alpha value is -0.970. The zero-order valence-electron chi connectivity index (χ0n) is 14.4. The maximum Gasteiger partial charge on any atom is 0.141 e. The van der Waals surface area contributed by atoms with Crippen LogP contribution >= 0.6 is 11.6 Å². The third-order valence-corrected chi connectivity index (χ3v) is 4.71. The van der Waals surface area contributed by atoms with Crippen LogP contribution in [0.1, 0.15) is 45.7 Å². The van der Waals surface area contributed by atoms with Gasteiger partial charge in [0.15, 0.2) is 0 Å². The summed E-state index contributed by atoms with van der Waals surface area (Å²) in [6, 6.07) is 3.62. The van der Waals surface area contributed by atoms with E-state index in [2.05, 4.69) is 19.2 Å². The normalized spacial score (nSPS) is 16.7. The second kappa shape index (κ2) is 8.04. The standard InChI is InChI=1S/C17H28ClNO3/c1-7-11(2)17(4,20)10-19-12(3)13-8-14(18)16(22-6)9-15(13)21-5/h8-9,11-12,19-20H,7,10H2,1-6H3/t11-,12+,17+/m0/s1. The summed E-state index contributed by atoms with van der Waals surface area (Å²) in [6.45, 7) is 8.51. The third kappa shape index (κ3) is 4.51. The first-order chi connectivity index (χ1) is 10.3. The maximum absolute atomic E-state index is 10.5. The zero-order valence-corrected chi connectivity index (χ0v) is 15.1. The number of nitrogens with one attached hydrogen (secondary N) is 1. The molecule has 0 aliphatic rings. The Labute approximate surface area is 138 Å². The number of aliphatic hydroxyl groups is 1. The monoisotopic (exact) mass is 329 g/mol. The smallest absolute Gasteiger partial charge is 0.141 e. The molecule has 0 spiro atoms. The van der Waals surface area contributed by atoms with E-state index < -0.39 is 5.60 Å². The van der Waals surface area contributed by atoms with Crippen molar-refractivity contribution in [3.8, 4) is 11.5 Å².